The smallest absolute Gasteiger partial charge is 0.253 e. The lowest BCUT2D eigenvalue weighted by molar-refractivity contribution is -0.124. The Morgan fingerprint density at radius 2 is 1.91 bits per heavy atom. The Morgan fingerprint density at radius 3 is 2.55 bits per heavy atom. The van der Waals surface area contributed by atoms with Crippen molar-refractivity contribution in [3.05, 3.63) is 0 Å². The number of nitrogens with zero attached hydrogens (tertiary/aromatic N) is 1. The molecule has 126 valence electrons. The lowest BCUT2D eigenvalue weighted by Crippen LogP contribution is -2.47. The second-order valence-electron chi connectivity index (χ2n) is 6.58. The fraction of sp³-hybridized carbons (Fsp3) is 0.882. The van der Waals surface area contributed by atoms with E-state index in [0.717, 1.165) is 70.5 Å². The first-order valence-electron chi connectivity index (χ1n) is 8.47. The van der Waals surface area contributed by atoms with E-state index >= 15 is 0 Å². The summed E-state index contributed by atoms with van der Waals surface area (Å²) in [6.45, 7) is 4.79. The molecule has 5 nitrogen and oxygen atoms in total. The van der Waals surface area contributed by atoms with Crippen molar-refractivity contribution >= 4 is 11.7 Å². The van der Waals surface area contributed by atoms with Crippen LogP contribution in [0.15, 0.2) is 4.99 Å². The molecule has 1 spiro atoms. The second kappa shape index (κ2) is 7.55. The number of nitrogens with one attached hydrogen (secondary N) is 2. The quantitative estimate of drug-likeness (QED) is 0.837. The SMILES string of the molecule is C.CCCOC1CCC(C2=NC3(CCNCC3)C(=O)N2)CC1. The van der Waals surface area contributed by atoms with Crippen LogP contribution in [0.3, 0.4) is 0 Å². The summed E-state index contributed by atoms with van der Waals surface area (Å²) in [5.41, 5.74) is -0.462. The first-order valence-corrected chi connectivity index (χ1v) is 8.47. The molecule has 1 amide bonds. The van der Waals surface area contributed by atoms with E-state index in [-0.39, 0.29) is 13.3 Å². The van der Waals surface area contributed by atoms with Crippen molar-refractivity contribution in [2.75, 3.05) is 19.7 Å². The number of aliphatic imine (C=N–C) groups is 1. The van der Waals surface area contributed by atoms with Crippen molar-refractivity contribution in [3.63, 3.8) is 0 Å². The molecule has 2 aliphatic heterocycles. The third kappa shape index (κ3) is 3.51. The summed E-state index contributed by atoms with van der Waals surface area (Å²) in [7, 11) is 0. The monoisotopic (exact) mass is 309 g/mol. The average molecular weight is 309 g/mol. The molecule has 1 saturated heterocycles. The fourth-order valence-electron chi connectivity index (χ4n) is 3.70. The zero-order chi connectivity index (χ0) is 14.7. The molecule has 0 aromatic heterocycles. The number of amidine groups is 1. The molecule has 0 atom stereocenters. The van der Waals surface area contributed by atoms with Crippen LogP contribution in [0.5, 0.6) is 0 Å². The molecule has 0 radical (unpaired) electrons. The van der Waals surface area contributed by atoms with Crippen molar-refractivity contribution in [2.24, 2.45) is 10.9 Å². The summed E-state index contributed by atoms with van der Waals surface area (Å²) in [5, 5.41) is 6.39. The number of piperidine rings is 1. The minimum Gasteiger partial charge on any atom is -0.378 e. The van der Waals surface area contributed by atoms with Crippen molar-refractivity contribution < 1.29 is 9.53 Å². The van der Waals surface area contributed by atoms with Gasteiger partial charge in [-0.3, -0.25) is 9.79 Å². The summed E-state index contributed by atoms with van der Waals surface area (Å²) in [4.78, 5) is 17.2. The van der Waals surface area contributed by atoms with E-state index in [2.05, 4.69) is 17.6 Å². The van der Waals surface area contributed by atoms with Crippen LogP contribution in [0, 0.1) is 5.92 Å². The van der Waals surface area contributed by atoms with E-state index in [1.807, 2.05) is 0 Å². The van der Waals surface area contributed by atoms with E-state index in [0.29, 0.717) is 12.0 Å². The molecule has 0 aromatic carbocycles. The summed E-state index contributed by atoms with van der Waals surface area (Å²) >= 11 is 0. The second-order valence-corrected chi connectivity index (χ2v) is 6.58. The summed E-state index contributed by atoms with van der Waals surface area (Å²) in [6.07, 6.45) is 7.51. The van der Waals surface area contributed by atoms with Crippen LogP contribution in [0.1, 0.15) is 59.3 Å². The van der Waals surface area contributed by atoms with Gasteiger partial charge in [-0.2, -0.15) is 0 Å². The Balaban J connectivity index is 0.00000176. The Bertz CT molecular complexity index is 408. The Labute approximate surface area is 134 Å². The molecule has 1 aliphatic carbocycles. The number of ether oxygens (including phenoxy) is 1. The Morgan fingerprint density at radius 1 is 1.23 bits per heavy atom. The summed E-state index contributed by atoms with van der Waals surface area (Å²) in [6, 6.07) is 0. The number of carbonyl (C=O) groups is 1. The van der Waals surface area contributed by atoms with Crippen LogP contribution in [-0.4, -0.2) is 43.1 Å². The lowest BCUT2D eigenvalue weighted by atomic mass is 9.86. The molecule has 2 N–H and O–H groups in total. The molecule has 0 unspecified atom stereocenters. The molecule has 3 rings (SSSR count). The van der Waals surface area contributed by atoms with Gasteiger partial charge in [-0.25, -0.2) is 0 Å². The van der Waals surface area contributed by atoms with Gasteiger partial charge in [0.2, 0.25) is 0 Å². The molecule has 22 heavy (non-hydrogen) atoms. The number of hydrogen-bond acceptors (Lipinski definition) is 4. The summed E-state index contributed by atoms with van der Waals surface area (Å²) < 4.78 is 5.84. The normalized spacial score (nSPS) is 30.6. The molecular weight excluding hydrogens is 278 g/mol. The van der Waals surface area contributed by atoms with E-state index < -0.39 is 5.54 Å². The van der Waals surface area contributed by atoms with Gasteiger partial charge in [0.1, 0.15) is 11.4 Å². The maximum absolute atomic E-state index is 12.3. The van der Waals surface area contributed by atoms with Crippen LogP contribution in [0.4, 0.5) is 0 Å². The number of carbonyl (C=O) groups excluding carboxylic acids is 1. The molecule has 0 bridgehead atoms. The van der Waals surface area contributed by atoms with Crippen molar-refractivity contribution in [2.45, 2.75) is 70.9 Å². The first kappa shape index (κ1) is 17.4. The largest absolute Gasteiger partial charge is 0.378 e. The van der Waals surface area contributed by atoms with Gasteiger partial charge in [0.05, 0.1) is 6.10 Å². The van der Waals surface area contributed by atoms with Gasteiger partial charge in [-0.15, -0.1) is 0 Å². The zero-order valence-corrected chi connectivity index (χ0v) is 13.0. The average Bonchev–Trinajstić information content (AvgIpc) is 2.83. The van der Waals surface area contributed by atoms with Gasteiger partial charge >= 0.3 is 0 Å². The van der Waals surface area contributed by atoms with Crippen LogP contribution >= 0.6 is 0 Å². The predicted molar refractivity (Wildman–Crippen MR) is 89.1 cm³/mol. The maximum atomic E-state index is 12.3. The van der Waals surface area contributed by atoms with Crippen LogP contribution in [-0.2, 0) is 9.53 Å². The topological polar surface area (TPSA) is 62.7 Å². The molecule has 1 saturated carbocycles. The van der Waals surface area contributed by atoms with Crippen LogP contribution < -0.4 is 10.6 Å². The molecule has 5 heteroatoms. The molecule has 2 heterocycles. The highest BCUT2D eigenvalue weighted by molar-refractivity contribution is 6.09. The Hall–Kier alpha value is -0.940. The first-order chi connectivity index (χ1) is 10.2. The van der Waals surface area contributed by atoms with Crippen LogP contribution in [0.2, 0.25) is 0 Å². The van der Waals surface area contributed by atoms with Gasteiger partial charge in [0.25, 0.3) is 5.91 Å². The standard InChI is InChI=1S/C16H27N3O2.CH4/c1-2-11-21-13-5-3-12(4-6-13)14-18-15(20)16(19-14)7-9-17-10-8-16;/h12-13,17H,2-11H2,1H3,(H,18,19,20);1H4. The van der Waals surface area contributed by atoms with Crippen molar-refractivity contribution in [1.82, 2.24) is 10.6 Å². The van der Waals surface area contributed by atoms with E-state index in [4.69, 9.17) is 9.73 Å². The predicted octanol–water partition coefficient (Wildman–Crippen LogP) is 2.26. The van der Waals surface area contributed by atoms with Crippen LogP contribution in [0.25, 0.3) is 0 Å². The van der Waals surface area contributed by atoms with Gasteiger partial charge in [0, 0.05) is 12.5 Å². The molecule has 3 aliphatic rings. The van der Waals surface area contributed by atoms with E-state index in [9.17, 15) is 4.79 Å². The third-order valence-electron chi connectivity index (χ3n) is 5.05. The maximum Gasteiger partial charge on any atom is 0.253 e. The summed E-state index contributed by atoms with van der Waals surface area (Å²) in [5.74, 6) is 1.50. The van der Waals surface area contributed by atoms with Gasteiger partial charge < -0.3 is 15.4 Å². The van der Waals surface area contributed by atoms with Crippen molar-refractivity contribution in [1.29, 1.82) is 0 Å². The third-order valence-corrected chi connectivity index (χ3v) is 5.05. The van der Waals surface area contributed by atoms with Gasteiger partial charge in [0.15, 0.2) is 0 Å². The Kier molecular flexibility index (Phi) is 5.98. The number of amides is 1. The number of rotatable bonds is 4. The van der Waals surface area contributed by atoms with E-state index in [1.165, 1.54) is 0 Å². The highest BCUT2D eigenvalue weighted by Gasteiger charge is 2.45. The minimum absolute atomic E-state index is 0. The highest BCUT2D eigenvalue weighted by Crippen LogP contribution is 2.33. The molecular formula is C17H31N3O2. The van der Waals surface area contributed by atoms with Gasteiger partial charge in [-0.1, -0.05) is 14.4 Å². The molecule has 2 fully saturated rings. The fourth-order valence-corrected chi connectivity index (χ4v) is 3.70. The minimum atomic E-state index is -0.462. The highest BCUT2D eigenvalue weighted by atomic mass is 16.5. The van der Waals surface area contributed by atoms with Crippen molar-refractivity contribution in [3.8, 4) is 0 Å². The lowest BCUT2D eigenvalue weighted by Gasteiger charge is -2.29. The van der Waals surface area contributed by atoms with E-state index in [1.54, 1.807) is 0 Å². The molecule has 0 aromatic rings. The van der Waals surface area contributed by atoms with Gasteiger partial charge in [-0.05, 0) is 58.0 Å². The zero-order valence-electron chi connectivity index (χ0n) is 13.0. The number of hydrogen-bond donors (Lipinski definition) is 2.